The molecule has 8 nitrogen and oxygen atoms in total. The van der Waals surface area contributed by atoms with E-state index in [1.165, 1.54) is 0 Å². The average Bonchev–Trinajstić information content (AvgIpc) is 2.31. The van der Waals surface area contributed by atoms with E-state index < -0.39 is 39.9 Å². The number of esters is 1. The first-order valence-electron chi connectivity index (χ1n) is 7.41. The lowest BCUT2D eigenvalue weighted by Gasteiger charge is -2.27. The Morgan fingerprint density at radius 1 is 1.17 bits per heavy atom. The highest BCUT2D eigenvalue weighted by Crippen LogP contribution is 2.14. The predicted octanol–water partition coefficient (Wildman–Crippen LogP) is 1.59. The molecule has 0 rings (SSSR count). The third kappa shape index (κ3) is 10.9. The lowest BCUT2D eigenvalue weighted by Crippen LogP contribution is -2.47. The summed E-state index contributed by atoms with van der Waals surface area (Å²) in [6.07, 6.45) is -0.851. The normalized spacial score (nSPS) is 14.7. The predicted molar refractivity (Wildman–Crippen MR) is 84.4 cm³/mol. The van der Waals surface area contributed by atoms with E-state index in [4.69, 9.17) is 13.7 Å². The van der Waals surface area contributed by atoms with E-state index in [0.29, 0.717) is 6.42 Å². The van der Waals surface area contributed by atoms with Crippen LogP contribution >= 0.6 is 0 Å². The van der Waals surface area contributed by atoms with Gasteiger partial charge in [0.1, 0.15) is 11.7 Å². The molecular formula is C14H27NO7S. The molecule has 0 heterocycles. The summed E-state index contributed by atoms with van der Waals surface area (Å²) in [4.78, 5) is 23.5. The summed E-state index contributed by atoms with van der Waals surface area (Å²) in [6.45, 7) is 8.65. The molecule has 0 saturated heterocycles. The number of hydrogen-bond donors (Lipinski definition) is 1. The molecule has 136 valence electrons. The van der Waals surface area contributed by atoms with Gasteiger partial charge in [0.05, 0.1) is 25.3 Å². The van der Waals surface area contributed by atoms with E-state index in [1.807, 2.05) is 0 Å². The van der Waals surface area contributed by atoms with Crippen molar-refractivity contribution in [3.63, 3.8) is 0 Å². The second kappa shape index (κ2) is 9.07. The fraction of sp³-hybridized carbons (Fsp3) is 0.857. The highest BCUT2D eigenvalue weighted by atomic mass is 32.2. The fourth-order valence-corrected chi connectivity index (χ4v) is 2.42. The van der Waals surface area contributed by atoms with Gasteiger partial charge in [-0.1, -0.05) is 6.92 Å². The van der Waals surface area contributed by atoms with E-state index >= 15 is 0 Å². The minimum absolute atomic E-state index is 0.167. The summed E-state index contributed by atoms with van der Waals surface area (Å²) >= 11 is 0. The lowest BCUT2D eigenvalue weighted by molar-refractivity contribution is -0.145. The van der Waals surface area contributed by atoms with Crippen LogP contribution in [-0.4, -0.2) is 51.1 Å². The SMILES string of the molecule is CCOC(=O)CC(OS(C)(=O)=O)[C@@H](CC)NC(=O)OC(C)(C)C. The number of nitrogens with one attached hydrogen (secondary N) is 1. The third-order valence-corrected chi connectivity index (χ3v) is 3.16. The van der Waals surface area contributed by atoms with Gasteiger partial charge in [0.15, 0.2) is 0 Å². The van der Waals surface area contributed by atoms with Gasteiger partial charge < -0.3 is 14.8 Å². The molecule has 0 aliphatic carbocycles. The van der Waals surface area contributed by atoms with Gasteiger partial charge in [0, 0.05) is 0 Å². The van der Waals surface area contributed by atoms with Crippen molar-refractivity contribution in [1.29, 1.82) is 0 Å². The molecule has 9 heteroatoms. The van der Waals surface area contributed by atoms with Gasteiger partial charge >= 0.3 is 12.1 Å². The van der Waals surface area contributed by atoms with Crippen LogP contribution in [0.1, 0.15) is 47.5 Å². The number of rotatable bonds is 8. The maximum Gasteiger partial charge on any atom is 0.407 e. The Bertz CT molecular complexity index is 496. The maximum atomic E-state index is 11.9. The Morgan fingerprint density at radius 2 is 1.74 bits per heavy atom. The van der Waals surface area contributed by atoms with Crippen molar-refractivity contribution in [2.75, 3.05) is 12.9 Å². The van der Waals surface area contributed by atoms with Crippen LogP contribution in [0.3, 0.4) is 0 Å². The largest absolute Gasteiger partial charge is 0.466 e. The summed E-state index contributed by atoms with van der Waals surface area (Å²) in [5, 5.41) is 2.54. The highest BCUT2D eigenvalue weighted by Gasteiger charge is 2.30. The van der Waals surface area contributed by atoms with Crippen LogP contribution in [0, 0.1) is 0 Å². The zero-order chi connectivity index (χ0) is 18.3. The minimum atomic E-state index is -3.81. The molecule has 0 radical (unpaired) electrons. The van der Waals surface area contributed by atoms with Gasteiger partial charge in [-0.2, -0.15) is 8.42 Å². The van der Waals surface area contributed by atoms with E-state index in [-0.39, 0.29) is 13.0 Å². The molecule has 1 unspecified atom stereocenters. The Balaban J connectivity index is 5.06. The number of carbonyl (C=O) groups is 2. The second-order valence-electron chi connectivity index (χ2n) is 6.01. The van der Waals surface area contributed by atoms with Crippen molar-refractivity contribution in [3.05, 3.63) is 0 Å². The number of ether oxygens (including phenoxy) is 2. The molecule has 0 aromatic carbocycles. The lowest BCUT2D eigenvalue weighted by atomic mass is 10.1. The van der Waals surface area contributed by atoms with E-state index in [9.17, 15) is 18.0 Å². The van der Waals surface area contributed by atoms with Gasteiger partial charge in [-0.25, -0.2) is 4.79 Å². The number of alkyl carbamates (subject to hydrolysis) is 1. The summed E-state index contributed by atoms with van der Waals surface area (Å²) in [6, 6.07) is -0.719. The smallest absolute Gasteiger partial charge is 0.407 e. The molecule has 0 aromatic heterocycles. The van der Waals surface area contributed by atoms with Crippen LogP contribution in [-0.2, 0) is 28.6 Å². The van der Waals surface area contributed by atoms with Crippen LogP contribution in [0.2, 0.25) is 0 Å². The summed E-state index contributed by atoms with van der Waals surface area (Å²) in [5.41, 5.74) is -0.698. The van der Waals surface area contributed by atoms with Crippen molar-refractivity contribution in [2.45, 2.75) is 65.2 Å². The molecule has 1 amide bonds. The van der Waals surface area contributed by atoms with Crippen molar-refractivity contribution >= 4 is 22.2 Å². The Kier molecular flexibility index (Phi) is 8.54. The van der Waals surface area contributed by atoms with Crippen LogP contribution in [0.15, 0.2) is 0 Å². The fourth-order valence-electron chi connectivity index (χ4n) is 1.77. The molecule has 0 aliphatic heterocycles. The monoisotopic (exact) mass is 353 g/mol. The highest BCUT2D eigenvalue weighted by molar-refractivity contribution is 7.86. The molecule has 1 N–H and O–H groups in total. The third-order valence-electron chi connectivity index (χ3n) is 2.56. The van der Waals surface area contributed by atoms with Gasteiger partial charge in [0.2, 0.25) is 0 Å². The van der Waals surface area contributed by atoms with E-state index in [1.54, 1.807) is 34.6 Å². The molecule has 23 heavy (non-hydrogen) atoms. The molecule has 0 bridgehead atoms. The quantitative estimate of drug-likeness (QED) is 0.521. The molecule has 0 saturated carbocycles. The Labute approximate surface area is 138 Å². The van der Waals surface area contributed by atoms with Crippen LogP contribution in [0.4, 0.5) is 4.79 Å². The van der Waals surface area contributed by atoms with Crippen molar-refractivity contribution in [1.82, 2.24) is 5.32 Å². The first kappa shape index (κ1) is 21.6. The molecule has 0 aromatic rings. The van der Waals surface area contributed by atoms with Crippen molar-refractivity contribution < 1.29 is 31.7 Å². The van der Waals surface area contributed by atoms with Gasteiger partial charge in [-0.3, -0.25) is 8.98 Å². The van der Waals surface area contributed by atoms with Crippen molar-refractivity contribution in [2.24, 2.45) is 0 Å². The molecule has 2 atom stereocenters. The number of hydrogen-bond acceptors (Lipinski definition) is 7. The Morgan fingerprint density at radius 3 is 2.13 bits per heavy atom. The minimum Gasteiger partial charge on any atom is -0.466 e. The van der Waals surface area contributed by atoms with E-state index in [0.717, 1.165) is 6.26 Å². The zero-order valence-electron chi connectivity index (χ0n) is 14.5. The molecule has 0 aliphatic rings. The summed E-state index contributed by atoms with van der Waals surface area (Å²) < 4.78 is 37.7. The average molecular weight is 353 g/mol. The molecular weight excluding hydrogens is 326 g/mol. The van der Waals surface area contributed by atoms with E-state index in [2.05, 4.69) is 5.32 Å². The topological polar surface area (TPSA) is 108 Å². The molecule has 0 spiro atoms. The number of amides is 1. The van der Waals surface area contributed by atoms with Gasteiger partial charge in [-0.15, -0.1) is 0 Å². The summed E-state index contributed by atoms with van der Waals surface area (Å²) in [7, 11) is -3.81. The van der Waals surface area contributed by atoms with Crippen LogP contribution in [0.5, 0.6) is 0 Å². The maximum absolute atomic E-state index is 11.9. The Hall–Kier alpha value is -1.35. The standard InChI is InChI=1S/C14H27NO7S/c1-7-10(15-13(17)21-14(3,4)5)11(22-23(6,18)19)9-12(16)20-8-2/h10-11H,7-9H2,1-6H3,(H,15,17)/t10-,11?/m1/s1. The van der Waals surface area contributed by atoms with Crippen LogP contribution < -0.4 is 5.32 Å². The molecule has 0 fully saturated rings. The first-order valence-corrected chi connectivity index (χ1v) is 9.23. The van der Waals surface area contributed by atoms with Gasteiger partial charge in [0.25, 0.3) is 10.1 Å². The summed E-state index contributed by atoms with van der Waals surface area (Å²) in [5.74, 6) is -0.606. The van der Waals surface area contributed by atoms with Crippen LogP contribution in [0.25, 0.3) is 0 Å². The van der Waals surface area contributed by atoms with Gasteiger partial charge in [-0.05, 0) is 34.1 Å². The van der Waals surface area contributed by atoms with Crippen molar-refractivity contribution in [3.8, 4) is 0 Å². The second-order valence-corrected chi connectivity index (χ2v) is 7.61. The zero-order valence-corrected chi connectivity index (χ0v) is 15.4. The number of carbonyl (C=O) groups excluding carboxylic acids is 2. The first-order chi connectivity index (χ1) is 10.4.